The maximum Gasteiger partial charge on any atom is 0.269 e. The number of nitro benzene ring substituents is 1. The van der Waals surface area contributed by atoms with Crippen molar-refractivity contribution in [2.45, 2.75) is 33.6 Å². The van der Waals surface area contributed by atoms with Crippen molar-refractivity contribution >= 4 is 34.6 Å². The average molecular weight is 401 g/mol. The van der Waals surface area contributed by atoms with Gasteiger partial charge in [-0.05, 0) is 66.9 Å². The second-order valence-electron chi connectivity index (χ2n) is 6.72. The van der Waals surface area contributed by atoms with Gasteiger partial charge in [-0.3, -0.25) is 20.2 Å². The average Bonchev–Trinajstić information content (AvgIpc) is 2.61. The van der Waals surface area contributed by atoms with Gasteiger partial charge in [0, 0.05) is 17.8 Å². The molecule has 0 saturated heterocycles. The minimum absolute atomic E-state index is 0.00909. The van der Waals surface area contributed by atoms with Crippen LogP contribution in [0.5, 0.6) is 5.75 Å². The van der Waals surface area contributed by atoms with Crippen molar-refractivity contribution in [2.75, 3.05) is 11.9 Å². The van der Waals surface area contributed by atoms with Crippen LogP contribution in [0.2, 0.25) is 0 Å². The summed E-state index contributed by atoms with van der Waals surface area (Å²) >= 11 is 5.12. The van der Waals surface area contributed by atoms with Gasteiger partial charge in [0.25, 0.3) is 11.6 Å². The first kappa shape index (κ1) is 21.3. The number of nitrogens with zero attached hydrogens (tertiary/aromatic N) is 1. The summed E-state index contributed by atoms with van der Waals surface area (Å²) in [5.74, 6) is 0.633. The summed E-state index contributed by atoms with van der Waals surface area (Å²) in [6, 6.07) is 10.1. The SMILES string of the molecule is Cc1cc([N+](=O)[O-])ccc1NC(=S)NC(=O)COc1ccc(C(C)C)c(C)c1. The van der Waals surface area contributed by atoms with Crippen LogP contribution >= 0.6 is 12.2 Å². The van der Waals surface area contributed by atoms with Gasteiger partial charge in [0.2, 0.25) is 0 Å². The highest BCUT2D eigenvalue weighted by molar-refractivity contribution is 7.80. The Morgan fingerprint density at radius 1 is 1.18 bits per heavy atom. The van der Waals surface area contributed by atoms with Crippen LogP contribution in [0.3, 0.4) is 0 Å². The second-order valence-corrected chi connectivity index (χ2v) is 7.13. The Kier molecular flexibility index (Phi) is 7.06. The number of benzene rings is 2. The largest absolute Gasteiger partial charge is 0.484 e. The Labute approximate surface area is 169 Å². The van der Waals surface area contributed by atoms with Gasteiger partial charge in [-0.15, -0.1) is 0 Å². The van der Waals surface area contributed by atoms with Crippen molar-refractivity contribution in [1.82, 2.24) is 5.32 Å². The lowest BCUT2D eigenvalue weighted by Crippen LogP contribution is -2.37. The number of hydrogen-bond donors (Lipinski definition) is 2. The standard InChI is InChI=1S/C20H23N3O4S/c1-12(2)17-7-6-16(10-13(17)3)27-11-19(24)22-20(28)21-18-8-5-15(23(25)26)9-14(18)4/h5-10,12H,11H2,1-4H3,(H2,21,22,24,28). The van der Waals surface area contributed by atoms with E-state index in [2.05, 4.69) is 24.5 Å². The Morgan fingerprint density at radius 2 is 1.89 bits per heavy atom. The maximum atomic E-state index is 12.1. The van der Waals surface area contributed by atoms with Gasteiger partial charge >= 0.3 is 0 Å². The highest BCUT2D eigenvalue weighted by Crippen LogP contribution is 2.23. The van der Waals surface area contributed by atoms with Crippen molar-refractivity contribution in [3.63, 3.8) is 0 Å². The molecule has 2 N–H and O–H groups in total. The van der Waals surface area contributed by atoms with Crippen LogP contribution in [0.15, 0.2) is 36.4 Å². The molecule has 0 aromatic heterocycles. The van der Waals surface area contributed by atoms with E-state index in [0.29, 0.717) is 22.9 Å². The van der Waals surface area contributed by atoms with Gasteiger partial charge in [-0.2, -0.15) is 0 Å². The normalized spacial score (nSPS) is 10.5. The van der Waals surface area contributed by atoms with Gasteiger partial charge in [0.1, 0.15) is 5.75 Å². The summed E-state index contributed by atoms with van der Waals surface area (Å²) in [6.07, 6.45) is 0. The van der Waals surface area contributed by atoms with Crippen LogP contribution in [0.25, 0.3) is 0 Å². The fraction of sp³-hybridized carbons (Fsp3) is 0.300. The molecule has 0 aliphatic heterocycles. The number of nitro groups is 1. The van der Waals surface area contributed by atoms with E-state index in [4.69, 9.17) is 17.0 Å². The third kappa shape index (κ3) is 5.75. The van der Waals surface area contributed by atoms with Crippen molar-refractivity contribution in [3.8, 4) is 5.75 Å². The van der Waals surface area contributed by atoms with Crippen LogP contribution in [-0.2, 0) is 4.79 Å². The quantitative estimate of drug-likeness (QED) is 0.427. The summed E-state index contributed by atoms with van der Waals surface area (Å²) in [5, 5.41) is 16.3. The van der Waals surface area contributed by atoms with Crippen molar-refractivity contribution < 1.29 is 14.5 Å². The molecule has 28 heavy (non-hydrogen) atoms. The number of aryl methyl sites for hydroxylation is 2. The van der Waals surface area contributed by atoms with E-state index in [9.17, 15) is 14.9 Å². The second kappa shape index (κ2) is 9.27. The molecule has 0 fully saturated rings. The van der Waals surface area contributed by atoms with Gasteiger partial charge in [0.15, 0.2) is 11.7 Å². The van der Waals surface area contributed by atoms with Crippen molar-refractivity contribution in [3.05, 3.63) is 63.2 Å². The highest BCUT2D eigenvalue weighted by Gasteiger charge is 2.11. The number of rotatable bonds is 6. The van der Waals surface area contributed by atoms with Gasteiger partial charge in [0.05, 0.1) is 4.92 Å². The Balaban J connectivity index is 1.88. The molecule has 0 spiro atoms. The Hall–Kier alpha value is -3.00. The Morgan fingerprint density at radius 3 is 2.46 bits per heavy atom. The van der Waals surface area contributed by atoms with E-state index in [0.717, 1.165) is 5.56 Å². The molecule has 2 aromatic rings. The fourth-order valence-corrected chi connectivity index (χ4v) is 2.98. The van der Waals surface area contributed by atoms with Gasteiger partial charge in [-0.25, -0.2) is 0 Å². The van der Waals surface area contributed by atoms with Crippen LogP contribution in [0.4, 0.5) is 11.4 Å². The Bertz CT molecular complexity index is 912. The molecule has 0 heterocycles. The van der Waals surface area contributed by atoms with Crippen LogP contribution in [-0.4, -0.2) is 22.5 Å². The molecule has 0 aliphatic carbocycles. The number of ether oxygens (including phenoxy) is 1. The molecular weight excluding hydrogens is 378 g/mol. The zero-order valence-electron chi connectivity index (χ0n) is 16.2. The zero-order chi connectivity index (χ0) is 20.8. The molecule has 0 bridgehead atoms. The third-order valence-electron chi connectivity index (χ3n) is 4.16. The lowest BCUT2D eigenvalue weighted by molar-refractivity contribution is -0.384. The van der Waals surface area contributed by atoms with E-state index in [1.54, 1.807) is 13.0 Å². The molecule has 2 aromatic carbocycles. The lowest BCUT2D eigenvalue weighted by atomic mass is 9.98. The molecule has 0 atom stereocenters. The molecule has 8 heteroatoms. The molecule has 148 valence electrons. The first-order chi connectivity index (χ1) is 13.2. The fourth-order valence-electron chi connectivity index (χ4n) is 2.75. The smallest absolute Gasteiger partial charge is 0.269 e. The summed E-state index contributed by atoms with van der Waals surface area (Å²) in [6.45, 7) is 7.79. The van der Waals surface area contributed by atoms with Crippen molar-refractivity contribution in [1.29, 1.82) is 0 Å². The summed E-state index contributed by atoms with van der Waals surface area (Å²) < 4.78 is 5.53. The predicted molar refractivity (Wildman–Crippen MR) is 113 cm³/mol. The minimum atomic E-state index is -0.469. The molecule has 1 amide bonds. The number of nitrogens with one attached hydrogen (secondary N) is 2. The molecule has 7 nitrogen and oxygen atoms in total. The number of anilines is 1. The van der Waals surface area contributed by atoms with E-state index >= 15 is 0 Å². The molecule has 0 saturated carbocycles. The van der Waals surface area contributed by atoms with E-state index in [1.165, 1.54) is 17.7 Å². The van der Waals surface area contributed by atoms with Gasteiger partial charge < -0.3 is 10.1 Å². The van der Waals surface area contributed by atoms with E-state index in [-0.39, 0.29) is 17.4 Å². The number of non-ortho nitro benzene ring substituents is 1. The van der Waals surface area contributed by atoms with Gasteiger partial charge in [-0.1, -0.05) is 19.9 Å². The summed E-state index contributed by atoms with van der Waals surface area (Å²) in [4.78, 5) is 22.4. The van der Waals surface area contributed by atoms with Crippen LogP contribution < -0.4 is 15.4 Å². The number of thiocarbonyl (C=S) groups is 1. The molecule has 0 aliphatic rings. The topological polar surface area (TPSA) is 93.5 Å². The molecular formula is C20H23N3O4S. The number of carbonyl (C=O) groups excluding carboxylic acids is 1. The van der Waals surface area contributed by atoms with Crippen LogP contribution in [0.1, 0.15) is 36.5 Å². The molecule has 2 rings (SSSR count). The highest BCUT2D eigenvalue weighted by atomic mass is 32.1. The zero-order valence-corrected chi connectivity index (χ0v) is 17.1. The van der Waals surface area contributed by atoms with E-state index < -0.39 is 10.8 Å². The minimum Gasteiger partial charge on any atom is -0.484 e. The number of hydrogen-bond acceptors (Lipinski definition) is 5. The first-order valence-corrected chi connectivity index (χ1v) is 9.17. The lowest BCUT2D eigenvalue weighted by Gasteiger charge is -2.13. The summed E-state index contributed by atoms with van der Waals surface area (Å²) in [5.41, 5.74) is 3.56. The van der Waals surface area contributed by atoms with E-state index in [1.807, 2.05) is 25.1 Å². The number of amides is 1. The van der Waals surface area contributed by atoms with Crippen LogP contribution in [0, 0.1) is 24.0 Å². The third-order valence-corrected chi connectivity index (χ3v) is 4.36. The first-order valence-electron chi connectivity index (χ1n) is 8.76. The molecule has 0 radical (unpaired) electrons. The predicted octanol–water partition coefficient (Wildman–Crippen LogP) is 4.23. The monoisotopic (exact) mass is 401 g/mol. The molecule has 0 unspecified atom stereocenters. The number of carbonyl (C=O) groups is 1. The summed E-state index contributed by atoms with van der Waals surface area (Å²) in [7, 11) is 0. The maximum absolute atomic E-state index is 12.1. The van der Waals surface area contributed by atoms with Crippen molar-refractivity contribution in [2.24, 2.45) is 0 Å².